The van der Waals surface area contributed by atoms with Crippen molar-refractivity contribution in [1.29, 1.82) is 0 Å². The van der Waals surface area contributed by atoms with E-state index in [1.807, 2.05) is 66.7 Å². The van der Waals surface area contributed by atoms with Gasteiger partial charge in [-0.1, -0.05) is 12.1 Å². The topological polar surface area (TPSA) is 56.4 Å². The van der Waals surface area contributed by atoms with E-state index in [0.717, 1.165) is 45.2 Å². The van der Waals surface area contributed by atoms with Crippen molar-refractivity contribution in [2.75, 3.05) is 14.2 Å². The van der Waals surface area contributed by atoms with Gasteiger partial charge in [-0.3, -0.25) is 0 Å². The number of aromatic nitrogens is 2. The quantitative estimate of drug-likeness (QED) is 0.535. The summed E-state index contributed by atoms with van der Waals surface area (Å²) in [5, 5.41) is 0. The standard InChI is InChI=1S/C22H20N2O3/c1-25-17-8-10-18(11-9-17)27-14-16-13-15(7-12-21(16)26-2)22-23-19-5-3-4-6-20(19)24-22/h3-13H,14H2,1-2H3,(H,23,24). The van der Waals surface area contributed by atoms with Gasteiger partial charge in [0.25, 0.3) is 0 Å². The minimum absolute atomic E-state index is 0.392. The second-order valence-corrected chi connectivity index (χ2v) is 6.09. The van der Waals surface area contributed by atoms with Crippen LogP contribution in [0.5, 0.6) is 17.2 Å². The van der Waals surface area contributed by atoms with Gasteiger partial charge in [0.15, 0.2) is 0 Å². The van der Waals surface area contributed by atoms with E-state index in [1.165, 1.54) is 0 Å². The number of H-pyrrole nitrogens is 1. The molecule has 5 heteroatoms. The van der Waals surface area contributed by atoms with E-state index in [4.69, 9.17) is 14.2 Å². The summed E-state index contributed by atoms with van der Waals surface area (Å²) in [7, 11) is 3.30. The van der Waals surface area contributed by atoms with Crippen LogP contribution in [0, 0.1) is 0 Å². The van der Waals surface area contributed by atoms with Gasteiger partial charge in [0.1, 0.15) is 29.7 Å². The van der Waals surface area contributed by atoms with Crippen molar-refractivity contribution < 1.29 is 14.2 Å². The van der Waals surface area contributed by atoms with Crippen LogP contribution in [0.25, 0.3) is 22.4 Å². The van der Waals surface area contributed by atoms with Crippen LogP contribution in [0.2, 0.25) is 0 Å². The normalized spacial score (nSPS) is 10.7. The second-order valence-electron chi connectivity index (χ2n) is 6.09. The molecule has 0 amide bonds. The predicted molar refractivity (Wildman–Crippen MR) is 105 cm³/mol. The highest BCUT2D eigenvalue weighted by atomic mass is 16.5. The molecule has 0 aliphatic rings. The highest BCUT2D eigenvalue weighted by Crippen LogP contribution is 2.28. The lowest BCUT2D eigenvalue weighted by molar-refractivity contribution is 0.296. The Morgan fingerprint density at radius 1 is 0.852 bits per heavy atom. The molecule has 0 atom stereocenters. The van der Waals surface area contributed by atoms with Crippen LogP contribution in [-0.2, 0) is 6.61 Å². The van der Waals surface area contributed by atoms with Gasteiger partial charge in [0, 0.05) is 11.1 Å². The molecule has 0 saturated heterocycles. The van der Waals surface area contributed by atoms with Crippen molar-refractivity contribution in [3.8, 4) is 28.6 Å². The summed E-state index contributed by atoms with van der Waals surface area (Å²) in [4.78, 5) is 8.02. The first-order chi connectivity index (χ1) is 13.3. The Kier molecular flexibility index (Phi) is 4.66. The fourth-order valence-corrected chi connectivity index (χ4v) is 2.96. The van der Waals surface area contributed by atoms with Gasteiger partial charge in [-0.05, 0) is 54.6 Å². The van der Waals surface area contributed by atoms with Gasteiger partial charge in [-0.2, -0.15) is 0 Å². The Hall–Kier alpha value is -3.47. The molecular weight excluding hydrogens is 340 g/mol. The van der Waals surface area contributed by atoms with E-state index in [1.54, 1.807) is 14.2 Å². The number of hydrogen-bond acceptors (Lipinski definition) is 4. The number of para-hydroxylation sites is 2. The molecule has 0 spiro atoms. The van der Waals surface area contributed by atoms with E-state index < -0.39 is 0 Å². The summed E-state index contributed by atoms with van der Waals surface area (Å²) < 4.78 is 16.6. The average Bonchev–Trinajstić information content (AvgIpc) is 3.16. The molecule has 1 N–H and O–H groups in total. The first kappa shape index (κ1) is 17.0. The second kappa shape index (κ2) is 7.41. The number of fused-ring (bicyclic) bond motifs is 1. The first-order valence-electron chi connectivity index (χ1n) is 8.66. The predicted octanol–water partition coefficient (Wildman–Crippen LogP) is 4.83. The average molecular weight is 360 g/mol. The van der Waals surface area contributed by atoms with Gasteiger partial charge in [0.2, 0.25) is 0 Å². The van der Waals surface area contributed by atoms with E-state index in [-0.39, 0.29) is 0 Å². The summed E-state index contributed by atoms with van der Waals surface area (Å²) in [6, 6.07) is 21.5. The molecule has 0 aliphatic carbocycles. The number of hydrogen-bond donors (Lipinski definition) is 1. The minimum Gasteiger partial charge on any atom is -0.497 e. The molecule has 4 rings (SSSR count). The molecule has 0 aliphatic heterocycles. The third-order valence-corrected chi connectivity index (χ3v) is 4.40. The van der Waals surface area contributed by atoms with Gasteiger partial charge < -0.3 is 19.2 Å². The zero-order valence-electron chi connectivity index (χ0n) is 15.2. The van der Waals surface area contributed by atoms with Crippen LogP contribution in [0.15, 0.2) is 66.7 Å². The minimum atomic E-state index is 0.392. The zero-order chi connectivity index (χ0) is 18.6. The SMILES string of the molecule is COc1ccc(OCc2cc(-c3nc4ccccc4[nH]3)ccc2OC)cc1. The van der Waals surface area contributed by atoms with Gasteiger partial charge in [0.05, 0.1) is 25.3 Å². The highest BCUT2D eigenvalue weighted by Gasteiger charge is 2.10. The third-order valence-electron chi connectivity index (χ3n) is 4.40. The summed E-state index contributed by atoms with van der Waals surface area (Å²) in [5.41, 5.74) is 3.89. The third kappa shape index (κ3) is 3.58. The molecular formula is C22H20N2O3. The van der Waals surface area contributed by atoms with Crippen LogP contribution in [-0.4, -0.2) is 24.2 Å². The molecule has 1 aromatic heterocycles. The fraction of sp³-hybridized carbons (Fsp3) is 0.136. The number of rotatable bonds is 6. The van der Waals surface area contributed by atoms with E-state index in [0.29, 0.717) is 6.61 Å². The number of methoxy groups -OCH3 is 2. The van der Waals surface area contributed by atoms with Gasteiger partial charge in [-0.15, -0.1) is 0 Å². The molecule has 4 aromatic rings. The molecule has 1 heterocycles. The van der Waals surface area contributed by atoms with Crippen molar-refractivity contribution in [1.82, 2.24) is 9.97 Å². The van der Waals surface area contributed by atoms with Gasteiger partial charge >= 0.3 is 0 Å². The number of nitrogens with zero attached hydrogens (tertiary/aromatic N) is 1. The number of nitrogens with one attached hydrogen (secondary N) is 1. The van der Waals surface area contributed by atoms with E-state index >= 15 is 0 Å². The molecule has 3 aromatic carbocycles. The van der Waals surface area contributed by atoms with Crippen molar-refractivity contribution in [2.45, 2.75) is 6.61 Å². The molecule has 136 valence electrons. The Balaban J connectivity index is 1.60. The number of imidazole rings is 1. The smallest absolute Gasteiger partial charge is 0.138 e. The summed E-state index contributed by atoms with van der Waals surface area (Å²) in [5.74, 6) is 3.17. The maximum Gasteiger partial charge on any atom is 0.138 e. The van der Waals surface area contributed by atoms with Gasteiger partial charge in [-0.25, -0.2) is 4.98 Å². The lowest BCUT2D eigenvalue weighted by Gasteiger charge is -2.12. The van der Waals surface area contributed by atoms with Crippen molar-refractivity contribution >= 4 is 11.0 Å². The molecule has 0 unspecified atom stereocenters. The van der Waals surface area contributed by atoms with Crippen molar-refractivity contribution in [2.24, 2.45) is 0 Å². The first-order valence-corrected chi connectivity index (χ1v) is 8.66. The Morgan fingerprint density at radius 3 is 2.37 bits per heavy atom. The van der Waals surface area contributed by atoms with Crippen molar-refractivity contribution in [3.63, 3.8) is 0 Å². The van der Waals surface area contributed by atoms with Crippen molar-refractivity contribution in [3.05, 3.63) is 72.3 Å². The molecule has 0 saturated carbocycles. The Morgan fingerprint density at radius 2 is 1.63 bits per heavy atom. The van der Waals surface area contributed by atoms with Crippen LogP contribution >= 0.6 is 0 Å². The lowest BCUT2D eigenvalue weighted by atomic mass is 10.1. The maximum atomic E-state index is 5.92. The highest BCUT2D eigenvalue weighted by molar-refractivity contribution is 5.79. The summed E-state index contributed by atoms with van der Waals surface area (Å²) in [6.45, 7) is 0.392. The largest absolute Gasteiger partial charge is 0.497 e. The molecule has 27 heavy (non-hydrogen) atoms. The maximum absolute atomic E-state index is 5.92. The number of benzene rings is 3. The summed E-state index contributed by atoms with van der Waals surface area (Å²) in [6.07, 6.45) is 0. The van der Waals surface area contributed by atoms with Crippen LogP contribution in [0.3, 0.4) is 0 Å². The van der Waals surface area contributed by atoms with E-state index in [9.17, 15) is 0 Å². The lowest BCUT2D eigenvalue weighted by Crippen LogP contribution is -1.99. The Labute approximate surface area is 157 Å². The Bertz CT molecular complexity index is 1020. The monoisotopic (exact) mass is 360 g/mol. The zero-order valence-corrected chi connectivity index (χ0v) is 15.2. The molecule has 0 fully saturated rings. The van der Waals surface area contributed by atoms with E-state index in [2.05, 4.69) is 9.97 Å². The van der Waals surface area contributed by atoms with Crippen LogP contribution in [0.4, 0.5) is 0 Å². The fourth-order valence-electron chi connectivity index (χ4n) is 2.96. The molecule has 0 radical (unpaired) electrons. The number of aromatic amines is 1. The molecule has 0 bridgehead atoms. The number of ether oxygens (including phenoxy) is 3. The van der Waals surface area contributed by atoms with Crippen LogP contribution < -0.4 is 14.2 Å². The molecule has 5 nitrogen and oxygen atoms in total. The van der Waals surface area contributed by atoms with Crippen LogP contribution in [0.1, 0.15) is 5.56 Å². The summed E-state index contributed by atoms with van der Waals surface area (Å²) >= 11 is 0.